The summed E-state index contributed by atoms with van der Waals surface area (Å²) in [7, 11) is 0. The van der Waals surface area contributed by atoms with Gasteiger partial charge in [-0.25, -0.2) is 0 Å². The molecule has 0 amide bonds. The minimum Gasteiger partial charge on any atom is -0.373 e. The third-order valence-corrected chi connectivity index (χ3v) is 3.31. The predicted molar refractivity (Wildman–Crippen MR) is 50.6 cm³/mol. The van der Waals surface area contributed by atoms with Crippen LogP contribution in [0.15, 0.2) is 10.7 Å². The van der Waals surface area contributed by atoms with Gasteiger partial charge in [-0.15, -0.1) is 0 Å². The van der Waals surface area contributed by atoms with E-state index in [-0.39, 0.29) is 0 Å². The zero-order valence-corrected chi connectivity index (χ0v) is 8.31. The summed E-state index contributed by atoms with van der Waals surface area (Å²) in [6.07, 6.45) is 9.21. The van der Waals surface area contributed by atoms with Gasteiger partial charge in [0.15, 0.2) is 0 Å². The molecule has 1 aliphatic carbocycles. The Hall–Kier alpha value is 0.0200. The summed E-state index contributed by atoms with van der Waals surface area (Å²) < 4.78 is 1.38. The van der Waals surface area contributed by atoms with Crippen molar-refractivity contribution >= 4 is 15.9 Å². The summed E-state index contributed by atoms with van der Waals surface area (Å²) >= 11 is 3.55. The molecule has 0 radical (unpaired) electrons. The van der Waals surface area contributed by atoms with Crippen LogP contribution in [0.3, 0.4) is 0 Å². The Kier molecular flexibility index (Phi) is 2.21. The van der Waals surface area contributed by atoms with Gasteiger partial charge in [-0.3, -0.25) is 0 Å². The molecule has 2 rings (SSSR count). The molecule has 62 valence electrons. The molecule has 1 fully saturated rings. The van der Waals surface area contributed by atoms with E-state index in [1.165, 1.54) is 43.1 Å². The normalized spacial score (nSPS) is 26.3. The van der Waals surface area contributed by atoms with Crippen molar-refractivity contribution in [2.75, 3.05) is 6.54 Å². The number of rotatable bonds is 1. The first-order valence-electron chi connectivity index (χ1n) is 4.48. The van der Waals surface area contributed by atoms with Crippen LogP contribution >= 0.6 is 15.9 Å². The fourth-order valence-corrected chi connectivity index (χ4v) is 2.51. The minimum atomic E-state index is 0.866. The Morgan fingerprint density at radius 1 is 1.36 bits per heavy atom. The van der Waals surface area contributed by atoms with Crippen LogP contribution in [0.25, 0.3) is 0 Å². The van der Waals surface area contributed by atoms with Crippen LogP contribution in [-0.2, 0) is 0 Å². The van der Waals surface area contributed by atoms with Gasteiger partial charge in [-0.05, 0) is 19.3 Å². The van der Waals surface area contributed by atoms with E-state index >= 15 is 0 Å². The molecular weight excluding hydrogens is 202 g/mol. The van der Waals surface area contributed by atoms with Gasteiger partial charge in [0.1, 0.15) is 0 Å². The fraction of sp³-hybridized carbons (Fsp3) is 0.778. The summed E-state index contributed by atoms with van der Waals surface area (Å²) in [6.45, 7) is 1.24. The highest BCUT2D eigenvalue weighted by Crippen LogP contribution is 2.29. The highest BCUT2D eigenvalue weighted by Gasteiger charge is 2.22. The zero-order chi connectivity index (χ0) is 7.68. The largest absolute Gasteiger partial charge is 0.373 e. The van der Waals surface area contributed by atoms with Gasteiger partial charge in [0.2, 0.25) is 0 Å². The van der Waals surface area contributed by atoms with Crippen molar-refractivity contribution in [1.29, 1.82) is 0 Å². The van der Waals surface area contributed by atoms with E-state index in [4.69, 9.17) is 0 Å². The van der Waals surface area contributed by atoms with Gasteiger partial charge in [0.05, 0.1) is 0 Å². The second-order valence-electron chi connectivity index (χ2n) is 3.50. The van der Waals surface area contributed by atoms with Crippen LogP contribution in [0.1, 0.15) is 32.1 Å². The van der Waals surface area contributed by atoms with Gasteiger partial charge in [0, 0.05) is 23.3 Å². The predicted octanol–water partition coefficient (Wildman–Crippen LogP) is 2.87. The number of nitrogens with zero attached hydrogens (tertiary/aromatic N) is 1. The quantitative estimate of drug-likeness (QED) is 0.651. The van der Waals surface area contributed by atoms with E-state index in [2.05, 4.69) is 27.0 Å². The van der Waals surface area contributed by atoms with Crippen molar-refractivity contribution in [1.82, 2.24) is 4.90 Å². The maximum absolute atomic E-state index is 3.55. The molecule has 0 bridgehead atoms. The van der Waals surface area contributed by atoms with E-state index in [1.54, 1.807) is 0 Å². The van der Waals surface area contributed by atoms with Crippen LogP contribution in [-0.4, -0.2) is 17.5 Å². The van der Waals surface area contributed by atoms with E-state index < -0.39 is 0 Å². The number of hydrogen-bond acceptors (Lipinski definition) is 1. The molecule has 0 N–H and O–H groups in total. The van der Waals surface area contributed by atoms with E-state index in [0.717, 1.165) is 6.04 Å². The molecule has 1 heterocycles. The van der Waals surface area contributed by atoms with Crippen LogP contribution in [0.5, 0.6) is 0 Å². The maximum Gasteiger partial charge on any atom is 0.0284 e. The molecule has 0 aromatic rings. The van der Waals surface area contributed by atoms with Gasteiger partial charge in [-0.1, -0.05) is 28.8 Å². The SMILES string of the molecule is BrC1=CN(C2CCCC2)CC1. The summed E-state index contributed by atoms with van der Waals surface area (Å²) in [6, 6.07) is 0.866. The topological polar surface area (TPSA) is 3.24 Å². The fourth-order valence-electron chi connectivity index (χ4n) is 2.07. The molecule has 1 nitrogen and oxygen atoms in total. The highest BCUT2D eigenvalue weighted by atomic mass is 79.9. The first kappa shape index (κ1) is 7.66. The molecule has 0 atom stereocenters. The highest BCUT2D eigenvalue weighted by molar-refractivity contribution is 9.11. The van der Waals surface area contributed by atoms with Crippen molar-refractivity contribution < 1.29 is 0 Å². The average molecular weight is 216 g/mol. The molecular formula is C9H14BrN. The lowest BCUT2D eigenvalue weighted by Crippen LogP contribution is -2.25. The van der Waals surface area contributed by atoms with E-state index in [0.29, 0.717) is 0 Å². The lowest BCUT2D eigenvalue weighted by Gasteiger charge is -2.22. The average Bonchev–Trinajstić information content (AvgIpc) is 2.55. The molecule has 0 aromatic carbocycles. The Bertz CT molecular complexity index is 170. The minimum absolute atomic E-state index is 0.866. The Morgan fingerprint density at radius 2 is 2.09 bits per heavy atom. The van der Waals surface area contributed by atoms with Gasteiger partial charge in [-0.2, -0.15) is 0 Å². The molecule has 1 aliphatic heterocycles. The van der Waals surface area contributed by atoms with Crippen LogP contribution in [0.2, 0.25) is 0 Å². The van der Waals surface area contributed by atoms with Crippen LogP contribution < -0.4 is 0 Å². The molecule has 0 saturated heterocycles. The monoisotopic (exact) mass is 215 g/mol. The summed E-state index contributed by atoms with van der Waals surface area (Å²) in [4.78, 5) is 2.51. The summed E-state index contributed by atoms with van der Waals surface area (Å²) in [5.41, 5.74) is 0. The molecule has 11 heavy (non-hydrogen) atoms. The smallest absolute Gasteiger partial charge is 0.0284 e. The van der Waals surface area contributed by atoms with E-state index in [1.807, 2.05) is 0 Å². The van der Waals surface area contributed by atoms with Crippen molar-refractivity contribution in [2.24, 2.45) is 0 Å². The Labute approximate surface area is 76.6 Å². The third-order valence-electron chi connectivity index (χ3n) is 2.71. The first-order valence-corrected chi connectivity index (χ1v) is 5.27. The lowest BCUT2D eigenvalue weighted by molar-refractivity contribution is 0.301. The Morgan fingerprint density at radius 3 is 2.64 bits per heavy atom. The van der Waals surface area contributed by atoms with E-state index in [9.17, 15) is 0 Å². The van der Waals surface area contributed by atoms with Crippen molar-refractivity contribution in [3.05, 3.63) is 10.7 Å². The molecule has 1 saturated carbocycles. The van der Waals surface area contributed by atoms with Crippen LogP contribution in [0, 0.1) is 0 Å². The summed E-state index contributed by atoms with van der Waals surface area (Å²) in [5.74, 6) is 0. The molecule has 2 aliphatic rings. The summed E-state index contributed by atoms with van der Waals surface area (Å²) in [5, 5.41) is 0. The van der Waals surface area contributed by atoms with Gasteiger partial charge >= 0.3 is 0 Å². The van der Waals surface area contributed by atoms with Gasteiger partial charge in [0.25, 0.3) is 0 Å². The van der Waals surface area contributed by atoms with Gasteiger partial charge < -0.3 is 4.90 Å². The van der Waals surface area contributed by atoms with Crippen molar-refractivity contribution in [2.45, 2.75) is 38.1 Å². The van der Waals surface area contributed by atoms with Crippen LogP contribution in [0.4, 0.5) is 0 Å². The second kappa shape index (κ2) is 3.18. The zero-order valence-electron chi connectivity index (χ0n) is 6.72. The molecule has 0 unspecified atom stereocenters. The van der Waals surface area contributed by atoms with Crippen molar-refractivity contribution in [3.63, 3.8) is 0 Å². The second-order valence-corrected chi connectivity index (χ2v) is 4.52. The molecule has 0 spiro atoms. The number of hydrogen-bond donors (Lipinski definition) is 0. The Balaban J connectivity index is 1.95. The lowest BCUT2D eigenvalue weighted by atomic mass is 10.2. The molecule has 2 heteroatoms. The standard InChI is InChI=1S/C9H14BrN/c10-8-5-6-11(7-8)9-3-1-2-4-9/h7,9H,1-6H2. The molecule has 0 aromatic heterocycles. The number of halogens is 1. The first-order chi connectivity index (χ1) is 5.36. The third kappa shape index (κ3) is 1.61. The van der Waals surface area contributed by atoms with Crippen molar-refractivity contribution in [3.8, 4) is 0 Å². The maximum atomic E-state index is 3.55.